The summed E-state index contributed by atoms with van der Waals surface area (Å²) in [6.07, 6.45) is 1.11. The minimum atomic E-state index is 0.325. The molecule has 1 fully saturated rings. The van der Waals surface area contributed by atoms with Crippen LogP contribution in [0.5, 0.6) is 17.2 Å². The van der Waals surface area contributed by atoms with Gasteiger partial charge in [0.2, 0.25) is 0 Å². The molecule has 4 heteroatoms. The normalized spacial score (nSPS) is 16.7. The molecule has 2 aromatic rings. The third-order valence-corrected chi connectivity index (χ3v) is 3.95. The Hall–Kier alpha value is -2.20. The van der Waals surface area contributed by atoms with Crippen LogP contribution >= 0.6 is 0 Å². The Morgan fingerprint density at radius 1 is 1.00 bits per heavy atom. The molecule has 116 valence electrons. The summed E-state index contributed by atoms with van der Waals surface area (Å²) in [6.45, 7) is 1.58. The second-order valence-electron chi connectivity index (χ2n) is 5.31. The van der Waals surface area contributed by atoms with Gasteiger partial charge in [-0.3, -0.25) is 0 Å². The molecule has 0 saturated carbocycles. The highest BCUT2D eigenvalue weighted by Gasteiger charge is 2.24. The molecule has 0 aromatic heterocycles. The Kier molecular flexibility index (Phi) is 4.49. The number of hydrogen-bond donors (Lipinski definition) is 1. The molecule has 1 heterocycles. The molecule has 0 spiro atoms. The zero-order valence-corrected chi connectivity index (χ0v) is 13.0. The van der Waals surface area contributed by atoms with Crippen molar-refractivity contribution < 1.29 is 14.2 Å². The summed E-state index contributed by atoms with van der Waals surface area (Å²) in [5, 5.41) is 3.41. The fraction of sp³-hybridized carbons (Fsp3) is 0.333. The van der Waals surface area contributed by atoms with Gasteiger partial charge >= 0.3 is 0 Å². The molecule has 4 nitrogen and oxygen atoms in total. The van der Waals surface area contributed by atoms with Crippen LogP contribution in [0.25, 0.3) is 0 Å². The lowest BCUT2D eigenvalue weighted by molar-refractivity contribution is 0.283. The summed E-state index contributed by atoms with van der Waals surface area (Å²) in [5.74, 6) is 2.27. The molecule has 3 rings (SSSR count). The van der Waals surface area contributed by atoms with E-state index >= 15 is 0 Å². The molecule has 0 bridgehead atoms. The van der Waals surface area contributed by atoms with Crippen molar-refractivity contribution in [3.63, 3.8) is 0 Å². The highest BCUT2D eigenvalue weighted by atomic mass is 16.5. The van der Waals surface area contributed by atoms with Crippen LogP contribution in [-0.2, 0) is 6.61 Å². The number of ether oxygens (including phenoxy) is 3. The smallest absolute Gasteiger partial charge is 0.164 e. The first-order valence-electron chi connectivity index (χ1n) is 7.48. The molecule has 0 aliphatic carbocycles. The standard InChI is InChI=1S/C18H21NO3/c1-20-17-10-14(15-8-9-19-15)16(11-18(17)21-2)22-12-13-6-4-3-5-7-13/h3-7,10-11,15,19H,8-9,12H2,1-2H3/t15-/m1/s1. The van der Waals surface area contributed by atoms with Crippen LogP contribution in [0.1, 0.15) is 23.6 Å². The molecule has 1 N–H and O–H groups in total. The van der Waals surface area contributed by atoms with Gasteiger partial charge in [0.15, 0.2) is 11.5 Å². The van der Waals surface area contributed by atoms with Crippen molar-refractivity contribution in [2.75, 3.05) is 20.8 Å². The maximum absolute atomic E-state index is 6.05. The molecule has 22 heavy (non-hydrogen) atoms. The first kappa shape index (κ1) is 14.7. The van der Waals surface area contributed by atoms with Gasteiger partial charge in [0, 0.05) is 17.7 Å². The van der Waals surface area contributed by atoms with Gasteiger partial charge in [0.05, 0.1) is 14.2 Å². The molecule has 0 unspecified atom stereocenters. The molecule has 1 aliphatic rings. The summed E-state index contributed by atoms with van der Waals surface area (Å²) in [5.41, 5.74) is 2.27. The van der Waals surface area contributed by atoms with Crippen LogP contribution < -0.4 is 19.5 Å². The van der Waals surface area contributed by atoms with Gasteiger partial charge in [-0.05, 0) is 24.6 Å². The van der Waals surface area contributed by atoms with E-state index in [1.807, 2.05) is 30.3 Å². The van der Waals surface area contributed by atoms with E-state index < -0.39 is 0 Å². The van der Waals surface area contributed by atoms with Crippen molar-refractivity contribution >= 4 is 0 Å². The van der Waals surface area contributed by atoms with Gasteiger partial charge in [-0.15, -0.1) is 0 Å². The van der Waals surface area contributed by atoms with E-state index in [1.54, 1.807) is 14.2 Å². The SMILES string of the molecule is COc1cc(OCc2ccccc2)c([C@H]2CCN2)cc1OC. The van der Waals surface area contributed by atoms with E-state index in [2.05, 4.69) is 17.4 Å². The quantitative estimate of drug-likeness (QED) is 0.888. The second-order valence-corrected chi connectivity index (χ2v) is 5.31. The molecule has 1 atom stereocenters. The van der Waals surface area contributed by atoms with Gasteiger partial charge in [0.25, 0.3) is 0 Å². The predicted molar refractivity (Wildman–Crippen MR) is 85.7 cm³/mol. The van der Waals surface area contributed by atoms with Crippen molar-refractivity contribution in [3.8, 4) is 17.2 Å². The summed E-state index contributed by atoms with van der Waals surface area (Å²) < 4.78 is 16.8. The van der Waals surface area contributed by atoms with Gasteiger partial charge in [-0.25, -0.2) is 0 Å². The summed E-state index contributed by atoms with van der Waals surface area (Å²) in [4.78, 5) is 0. The lowest BCUT2D eigenvalue weighted by Crippen LogP contribution is -2.35. The molecular formula is C18H21NO3. The Morgan fingerprint density at radius 3 is 2.27 bits per heavy atom. The van der Waals surface area contributed by atoms with Crippen LogP contribution in [0, 0.1) is 0 Å². The largest absolute Gasteiger partial charge is 0.493 e. The summed E-state index contributed by atoms with van der Waals surface area (Å²) in [7, 11) is 3.29. The fourth-order valence-electron chi connectivity index (χ4n) is 2.56. The fourth-order valence-corrected chi connectivity index (χ4v) is 2.56. The number of nitrogens with one attached hydrogen (secondary N) is 1. The minimum absolute atomic E-state index is 0.325. The van der Waals surface area contributed by atoms with Crippen LogP contribution in [-0.4, -0.2) is 20.8 Å². The Balaban J connectivity index is 1.86. The Bertz CT molecular complexity index is 624. The summed E-state index contributed by atoms with van der Waals surface area (Å²) >= 11 is 0. The van der Waals surface area contributed by atoms with E-state index in [4.69, 9.17) is 14.2 Å². The first-order chi connectivity index (χ1) is 10.8. The van der Waals surface area contributed by atoms with Crippen LogP contribution in [0.4, 0.5) is 0 Å². The van der Waals surface area contributed by atoms with Gasteiger partial charge < -0.3 is 19.5 Å². The number of hydrogen-bond acceptors (Lipinski definition) is 4. The van der Waals surface area contributed by atoms with Gasteiger partial charge in [-0.1, -0.05) is 30.3 Å². The highest BCUT2D eigenvalue weighted by Crippen LogP contribution is 2.40. The molecule has 0 amide bonds. The lowest BCUT2D eigenvalue weighted by Gasteiger charge is -2.30. The van der Waals surface area contributed by atoms with Gasteiger partial charge in [-0.2, -0.15) is 0 Å². The average Bonchev–Trinajstić information content (AvgIpc) is 2.52. The van der Waals surface area contributed by atoms with Crippen LogP contribution in [0.2, 0.25) is 0 Å². The van der Waals surface area contributed by atoms with E-state index in [0.717, 1.165) is 35.6 Å². The van der Waals surface area contributed by atoms with Crippen LogP contribution in [0.3, 0.4) is 0 Å². The Labute approximate surface area is 131 Å². The Morgan fingerprint density at radius 2 is 1.68 bits per heavy atom. The van der Waals surface area contributed by atoms with E-state index in [1.165, 1.54) is 0 Å². The molecule has 0 radical (unpaired) electrons. The van der Waals surface area contributed by atoms with E-state index in [0.29, 0.717) is 18.4 Å². The monoisotopic (exact) mass is 299 g/mol. The average molecular weight is 299 g/mol. The first-order valence-corrected chi connectivity index (χ1v) is 7.48. The van der Waals surface area contributed by atoms with Crippen LogP contribution in [0.15, 0.2) is 42.5 Å². The highest BCUT2D eigenvalue weighted by molar-refractivity contribution is 5.52. The van der Waals surface area contributed by atoms with Crippen molar-refractivity contribution in [2.45, 2.75) is 19.1 Å². The van der Waals surface area contributed by atoms with E-state index in [9.17, 15) is 0 Å². The molecule has 1 aliphatic heterocycles. The third kappa shape index (κ3) is 3.02. The maximum Gasteiger partial charge on any atom is 0.164 e. The maximum atomic E-state index is 6.05. The number of benzene rings is 2. The van der Waals surface area contributed by atoms with Crippen molar-refractivity contribution in [2.24, 2.45) is 0 Å². The van der Waals surface area contributed by atoms with Gasteiger partial charge in [0.1, 0.15) is 12.4 Å². The molecule has 1 saturated heterocycles. The zero-order chi connectivity index (χ0) is 15.4. The van der Waals surface area contributed by atoms with Crippen molar-refractivity contribution in [1.82, 2.24) is 5.32 Å². The minimum Gasteiger partial charge on any atom is -0.493 e. The topological polar surface area (TPSA) is 39.7 Å². The van der Waals surface area contributed by atoms with E-state index in [-0.39, 0.29) is 0 Å². The third-order valence-electron chi connectivity index (χ3n) is 3.95. The number of methoxy groups -OCH3 is 2. The lowest BCUT2D eigenvalue weighted by atomic mass is 9.96. The summed E-state index contributed by atoms with van der Waals surface area (Å²) in [6, 6.07) is 14.4. The second kappa shape index (κ2) is 6.71. The number of rotatable bonds is 6. The predicted octanol–water partition coefficient (Wildman–Crippen LogP) is 3.32. The molecule has 2 aromatic carbocycles. The van der Waals surface area contributed by atoms with Crippen molar-refractivity contribution in [3.05, 3.63) is 53.6 Å². The van der Waals surface area contributed by atoms with Crippen molar-refractivity contribution in [1.29, 1.82) is 0 Å². The molecular weight excluding hydrogens is 278 g/mol. The zero-order valence-electron chi connectivity index (χ0n) is 13.0.